The van der Waals surface area contributed by atoms with Crippen molar-refractivity contribution in [3.05, 3.63) is 28.8 Å². The number of amides is 1. The third kappa shape index (κ3) is 4.48. The van der Waals surface area contributed by atoms with Crippen LogP contribution in [0, 0.1) is 11.8 Å². The van der Waals surface area contributed by atoms with Gasteiger partial charge in [-0.05, 0) is 24.6 Å². The molecule has 0 spiro atoms. The highest BCUT2D eigenvalue weighted by Gasteiger charge is 2.05. The summed E-state index contributed by atoms with van der Waals surface area (Å²) >= 11 is 5.89. The second kappa shape index (κ2) is 6.95. The van der Waals surface area contributed by atoms with Crippen molar-refractivity contribution in [3.63, 3.8) is 0 Å². The van der Waals surface area contributed by atoms with Gasteiger partial charge in [-0.3, -0.25) is 4.79 Å². The third-order valence-electron chi connectivity index (χ3n) is 2.06. The zero-order valence-corrected chi connectivity index (χ0v) is 10.5. The Bertz CT molecular complexity index is 460. The van der Waals surface area contributed by atoms with E-state index >= 15 is 0 Å². The van der Waals surface area contributed by atoms with Crippen molar-refractivity contribution < 1.29 is 4.79 Å². The highest BCUT2D eigenvalue weighted by atomic mass is 35.5. The lowest BCUT2D eigenvalue weighted by molar-refractivity contribution is -0.116. The first kappa shape index (κ1) is 13.6. The van der Waals surface area contributed by atoms with Gasteiger partial charge in [-0.1, -0.05) is 30.4 Å². The number of carbonyl (C=O) groups excluding carboxylic acids is 1. The summed E-state index contributed by atoms with van der Waals surface area (Å²) in [6.45, 7) is 2.23. The molecule has 1 amide bonds. The van der Waals surface area contributed by atoms with E-state index in [9.17, 15) is 4.79 Å². The standard InChI is InChI=1S/C13H15ClN2O/c1-2-4-13(17)16-12-9-11(14)7-6-10(12)5-3-8-15/h6-7,9H,2,4,8,15H2,1H3,(H,16,17). The number of halogens is 1. The van der Waals surface area contributed by atoms with Crippen molar-refractivity contribution in [2.24, 2.45) is 5.73 Å². The van der Waals surface area contributed by atoms with Gasteiger partial charge < -0.3 is 11.1 Å². The molecule has 1 aromatic rings. The van der Waals surface area contributed by atoms with Crippen LogP contribution in [0.2, 0.25) is 5.02 Å². The molecule has 0 aliphatic heterocycles. The minimum atomic E-state index is -0.0365. The van der Waals surface area contributed by atoms with Crippen LogP contribution in [0.1, 0.15) is 25.3 Å². The number of nitrogens with one attached hydrogen (secondary N) is 1. The second-order valence-electron chi connectivity index (χ2n) is 3.49. The average Bonchev–Trinajstić information content (AvgIpc) is 2.28. The van der Waals surface area contributed by atoms with Crippen molar-refractivity contribution in [2.45, 2.75) is 19.8 Å². The maximum atomic E-state index is 11.5. The molecule has 0 saturated carbocycles. The van der Waals surface area contributed by atoms with E-state index in [1.807, 2.05) is 6.92 Å². The highest BCUT2D eigenvalue weighted by molar-refractivity contribution is 6.31. The van der Waals surface area contributed by atoms with E-state index in [2.05, 4.69) is 17.2 Å². The van der Waals surface area contributed by atoms with Crippen molar-refractivity contribution in [1.29, 1.82) is 0 Å². The van der Waals surface area contributed by atoms with Gasteiger partial charge in [-0.15, -0.1) is 0 Å². The van der Waals surface area contributed by atoms with Crippen LogP contribution in [-0.4, -0.2) is 12.5 Å². The molecule has 0 bridgehead atoms. The molecule has 1 rings (SSSR count). The van der Waals surface area contributed by atoms with E-state index in [4.69, 9.17) is 17.3 Å². The quantitative estimate of drug-likeness (QED) is 0.810. The molecule has 4 heteroatoms. The van der Waals surface area contributed by atoms with E-state index in [-0.39, 0.29) is 12.5 Å². The second-order valence-corrected chi connectivity index (χ2v) is 3.93. The summed E-state index contributed by atoms with van der Waals surface area (Å²) in [5, 5.41) is 3.36. The number of rotatable bonds is 3. The van der Waals surface area contributed by atoms with Gasteiger partial charge in [0, 0.05) is 17.0 Å². The molecular formula is C13H15ClN2O. The molecule has 0 aliphatic carbocycles. The van der Waals surface area contributed by atoms with Crippen molar-refractivity contribution in [2.75, 3.05) is 11.9 Å². The SMILES string of the molecule is CCCC(=O)Nc1cc(Cl)ccc1C#CCN. The normalized spacial score (nSPS) is 9.35. The number of carbonyl (C=O) groups is 1. The summed E-state index contributed by atoms with van der Waals surface area (Å²) in [6, 6.07) is 5.19. The largest absolute Gasteiger partial charge is 0.325 e. The topological polar surface area (TPSA) is 55.1 Å². The zero-order valence-electron chi connectivity index (χ0n) is 9.72. The summed E-state index contributed by atoms with van der Waals surface area (Å²) in [6.07, 6.45) is 1.28. The fraction of sp³-hybridized carbons (Fsp3) is 0.308. The van der Waals surface area contributed by atoms with Crippen LogP contribution < -0.4 is 11.1 Å². The summed E-state index contributed by atoms with van der Waals surface area (Å²) in [5.74, 6) is 5.62. The number of benzene rings is 1. The molecule has 90 valence electrons. The molecule has 1 aromatic carbocycles. The van der Waals surface area contributed by atoms with Crippen LogP contribution in [-0.2, 0) is 4.79 Å². The average molecular weight is 251 g/mol. The van der Waals surface area contributed by atoms with Gasteiger partial charge in [0.15, 0.2) is 0 Å². The van der Waals surface area contributed by atoms with Gasteiger partial charge in [-0.2, -0.15) is 0 Å². The lowest BCUT2D eigenvalue weighted by atomic mass is 10.1. The van der Waals surface area contributed by atoms with E-state index in [0.29, 0.717) is 17.1 Å². The first-order valence-electron chi connectivity index (χ1n) is 5.45. The molecule has 0 unspecified atom stereocenters. The Morgan fingerprint density at radius 1 is 1.53 bits per heavy atom. The number of nitrogens with two attached hydrogens (primary N) is 1. The van der Waals surface area contributed by atoms with E-state index in [1.54, 1.807) is 18.2 Å². The Labute approximate surface area is 106 Å². The van der Waals surface area contributed by atoms with Crippen LogP contribution >= 0.6 is 11.6 Å². The first-order valence-corrected chi connectivity index (χ1v) is 5.83. The zero-order chi connectivity index (χ0) is 12.7. The molecule has 0 radical (unpaired) electrons. The predicted molar refractivity (Wildman–Crippen MR) is 70.9 cm³/mol. The number of hydrogen-bond donors (Lipinski definition) is 2. The first-order chi connectivity index (χ1) is 8.17. The molecule has 0 atom stereocenters. The van der Waals surface area contributed by atoms with Crippen LogP contribution in [0.4, 0.5) is 5.69 Å². The number of hydrogen-bond acceptors (Lipinski definition) is 2. The summed E-state index contributed by atoms with van der Waals surface area (Å²) in [7, 11) is 0. The summed E-state index contributed by atoms with van der Waals surface area (Å²) < 4.78 is 0. The molecule has 0 fully saturated rings. The van der Waals surface area contributed by atoms with E-state index < -0.39 is 0 Å². The van der Waals surface area contributed by atoms with Crippen LogP contribution in [0.25, 0.3) is 0 Å². The van der Waals surface area contributed by atoms with Crippen LogP contribution in [0.3, 0.4) is 0 Å². The minimum Gasteiger partial charge on any atom is -0.325 e. The van der Waals surface area contributed by atoms with Gasteiger partial charge in [0.2, 0.25) is 5.91 Å². The molecular weight excluding hydrogens is 236 g/mol. The Balaban J connectivity index is 2.94. The molecule has 0 saturated heterocycles. The Morgan fingerprint density at radius 3 is 2.94 bits per heavy atom. The molecule has 3 N–H and O–H groups in total. The molecule has 3 nitrogen and oxygen atoms in total. The van der Waals surface area contributed by atoms with Crippen LogP contribution in [0.15, 0.2) is 18.2 Å². The Kier molecular flexibility index (Phi) is 5.55. The number of anilines is 1. The van der Waals surface area contributed by atoms with Gasteiger partial charge in [0.05, 0.1) is 12.2 Å². The fourth-order valence-corrected chi connectivity index (χ4v) is 1.49. The van der Waals surface area contributed by atoms with Gasteiger partial charge in [0.1, 0.15) is 0 Å². The lowest BCUT2D eigenvalue weighted by Crippen LogP contribution is -2.11. The Morgan fingerprint density at radius 2 is 2.29 bits per heavy atom. The van der Waals surface area contributed by atoms with Gasteiger partial charge >= 0.3 is 0 Å². The monoisotopic (exact) mass is 250 g/mol. The molecule has 17 heavy (non-hydrogen) atoms. The van der Waals surface area contributed by atoms with E-state index in [1.165, 1.54) is 0 Å². The van der Waals surface area contributed by atoms with Gasteiger partial charge in [0.25, 0.3) is 0 Å². The fourth-order valence-electron chi connectivity index (χ4n) is 1.31. The molecule has 0 aromatic heterocycles. The maximum Gasteiger partial charge on any atom is 0.224 e. The predicted octanol–water partition coefficient (Wildman–Crippen LogP) is 2.39. The lowest BCUT2D eigenvalue weighted by Gasteiger charge is -2.07. The van der Waals surface area contributed by atoms with Crippen LogP contribution in [0.5, 0.6) is 0 Å². The van der Waals surface area contributed by atoms with Crippen molar-refractivity contribution >= 4 is 23.2 Å². The molecule has 0 aliphatic rings. The maximum absolute atomic E-state index is 11.5. The summed E-state index contributed by atoms with van der Waals surface area (Å²) in [5.41, 5.74) is 6.68. The smallest absolute Gasteiger partial charge is 0.224 e. The molecule has 0 heterocycles. The van der Waals surface area contributed by atoms with Crippen molar-refractivity contribution in [1.82, 2.24) is 0 Å². The third-order valence-corrected chi connectivity index (χ3v) is 2.29. The Hall–Kier alpha value is -1.50. The van der Waals surface area contributed by atoms with Crippen molar-refractivity contribution in [3.8, 4) is 11.8 Å². The van der Waals surface area contributed by atoms with E-state index in [0.717, 1.165) is 12.0 Å². The summed E-state index contributed by atoms with van der Waals surface area (Å²) in [4.78, 5) is 11.5. The highest BCUT2D eigenvalue weighted by Crippen LogP contribution is 2.20. The minimum absolute atomic E-state index is 0.0365. The van der Waals surface area contributed by atoms with Gasteiger partial charge in [-0.25, -0.2) is 0 Å².